The molecule has 1 atom stereocenters. The second-order valence-electron chi connectivity index (χ2n) is 8.82. The van der Waals surface area contributed by atoms with Crippen molar-refractivity contribution in [3.63, 3.8) is 0 Å². The Hall–Kier alpha value is -3.38. The normalized spacial score (nSPS) is 16.4. The Bertz CT molecular complexity index is 1470. The van der Waals surface area contributed by atoms with Crippen LogP contribution < -0.4 is 15.2 Å². The standard InChI is InChI=1S/C25H26F3N3O5S/c1-2-3-6-11-37(34,35)29-14-18-15-31(24(33)36-18)17-10-9-16-12-22(30-23(32)20(16)13-17)19-7-4-5-8-21(19)25(26,27)28/h4-5,7-10,12-13,18,29H,2-3,6,11,14-15H2,1H3,(H,30,32)/t18-/m0/s1. The molecule has 12 heteroatoms. The lowest BCUT2D eigenvalue weighted by Gasteiger charge is -2.15. The number of fused-ring (bicyclic) bond motifs is 1. The molecule has 0 aliphatic carbocycles. The maximum atomic E-state index is 13.5. The van der Waals surface area contributed by atoms with E-state index in [2.05, 4.69) is 9.71 Å². The van der Waals surface area contributed by atoms with Gasteiger partial charge >= 0.3 is 12.3 Å². The second kappa shape index (κ2) is 10.5. The summed E-state index contributed by atoms with van der Waals surface area (Å²) >= 11 is 0. The Morgan fingerprint density at radius 2 is 1.86 bits per heavy atom. The first-order chi connectivity index (χ1) is 17.5. The van der Waals surface area contributed by atoms with Crippen molar-refractivity contribution < 1.29 is 31.1 Å². The fourth-order valence-electron chi connectivity index (χ4n) is 4.20. The molecule has 1 fully saturated rings. The summed E-state index contributed by atoms with van der Waals surface area (Å²) in [5.74, 6) is -0.00585. The molecule has 4 rings (SSSR count). The molecule has 37 heavy (non-hydrogen) atoms. The fraction of sp³-hybridized carbons (Fsp3) is 0.360. The van der Waals surface area contributed by atoms with Crippen molar-refractivity contribution in [2.75, 3.05) is 23.7 Å². The topological polar surface area (TPSA) is 109 Å². The number of halogens is 3. The van der Waals surface area contributed by atoms with E-state index < -0.39 is 39.5 Å². The van der Waals surface area contributed by atoms with Crippen LogP contribution in [-0.4, -0.2) is 44.4 Å². The molecule has 0 spiro atoms. The smallest absolute Gasteiger partial charge is 0.417 e. The van der Waals surface area contributed by atoms with E-state index >= 15 is 0 Å². The van der Waals surface area contributed by atoms with Crippen LogP contribution in [0.5, 0.6) is 0 Å². The number of aromatic nitrogens is 1. The van der Waals surface area contributed by atoms with E-state index in [1.807, 2.05) is 6.92 Å². The molecular weight excluding hydrogens is 511 g/mol. The minimum Gasteiger partial charge on any atom is -0.443 e. The number of anilines is 1. The van der Waals surface area contributed by atoms with Gasteiger partial charge < -0.3 is 9.72 Å². The average molecular weight is 538 g/mol. The molecule has 8 nitrogen and oxygen atoms in total. The molecule has 1 aliphatic rings. The van der Waals surface area contributed by atoms with E-state index in [0.717, 1.165) is 18.9 Å². The van der Waals surface area contributed by atoms with Gasteiger partial charge in [-0.25, -0.2) is 17.9 Å². The summed E-state index contributed by atoms with van der Waals surface area (Å²) in [6, 6.07) is 11.0. The van der Waals surface area contributed by atoms with Crippen molar-refractivity contribution in [2.45, 2.75) is 38.5 Å². The van der Waals surface area contributed by atoms with Gasteiger partial charge in [0.1, 0.15) is 6.10 Å². The van der Waals surface area contributed by atoms with Gasteiger partial charge in [-0.05, 0) is 36.1 Å². The average Bonchev–Trinajstić information content (AvgIpc) is 3.23. The molecule has 0 bridgehead atoms. The van der Waals surface area contributed by atoms with Crippen molar-refractivity contribution >= 4 is 32.6 Å². The quantitative estimate of drug-likeness (QED) is 0.387. The number of pyridine rings is 1. The Kier molecular flexibility index (Phi) is 7.60. The third-order valence-corrected chi connectivity index (χ3v) is 7.52. The van der Waals surface area contributed by atoms with Crippen LogP contribution >= 0.6 is 0 Å². The number of nitrogens with one attached hydrogen (secondary N) is 2. The lowest BCUT2D eigenvalue weighted by Crippen LogP contribution is -2.35. The molecule has 2 aromatic carbocycles. The van der Waals surface area contributed by atoms with Crippen LogP contribution in [0.4, 0.5) is 23.7 Å². The van der Waals surface area contributed by atoms with Gasteiger partial charge in [0.25, 0.3) is 5.56 Å². The Labute approximate surface area is 211 Å². The van der Waals surface area contributed by atoms with Gasteiger partial charge in [-0.3, -0.25) is 9.69 Å². The molecule has 1 saturated heterocycles. The largest absolute Gasteiger partial charge is 0.443 e. The number of hydrogen-bond acceptors (Lipinski definition) is 5. The number of cyclic esters (lactones) is 1. The molecule has 3 aromatic rings. The highest BCUT2D eigenvalue weighted by atomic mass is 32.2. The Morgan fingerprint density at radius 1 is 1.11 bits per heavy atom. The Morgan fingerprint density at radius 3 is 2.59 bits per heavy atom. The zero-order valence-electron chi connectivity index (χ0n) is 20.0. The number of benzene rings is 2. The lowest BCUT2D eigenvalue weighted by molar-refractivity contribution is -0.137. The van der Waals surface area contributed by atoms with Gasteiger partial charge in [0.15, 0.2) is 0 Å². The molecule has 2 N–H and O–H groups in total. The highest BCUT2D eigenvalue weighted by Crippen LogP contribution is 2.36. The number of aromatic amines is 1. The zero-order valence-corrected chi connectivity index (χ0v) is 20.8. The lowest BCUT2D eigenvalue weighted by atomic mass is 10.0. The first kappa shape index (κ1) is 26.7. The summed E-state index contributed by atoms with van der Waals surface area (Å²) in [5.41, 5.74) is -1.27. The highest BCUT2D eigenvalue weighted by molar-refractivity contribution is 7.89. The van der Waals surface area contributed by atoms with Crippen molar-refractivity contribution in [1.82, 2.24) is 9.71 Å². The highest BCUT2D eigenvalue weighted by Gasteiger charge is 2.34. The predicted molar refractivity (Wildman–Crippen MR) is 134 cm³/mol. The summed E-state index contributed by atoms with van der Waals surface area (Å²) in [5, 5.41) is 0.571. The molecular formula is C25H26F3N3O5S. The minimum absolute atomic E-state index is 0.00585. The monoisotopic (exact) mass is 537 g/mol. The van der Waals surface area contributed by atoms with E-state index in [1.165, 1.54) is 41.3 Å². The third-order valence-electron chi connectivity index (χ3n) is 6.09. The van der Waals surface area contributed by atoms with Gasteiger partial charge in [-0.1, -0.05) is 44.0 Å². The number of carbonyl (C=O) groups excluding carboxylic acids is 1. The number of unbranched alkanes of at least 4 members (excludes halogenated alkanes) is 2. The molecule has 0 saturated carbocycles. The van der Waals surface area contributed by atoms with Crippen LogP contribution in [0.15, 0.2) is 53.3 Å². The first-order valence-electron chi connectivity index (χ1n) is 11.8. The summed E-state index contributed by atoms with van der Waals surface area (Å²) in [4.78, 5) is 29.1. The number of sulfonamides is 1. The number of carbonyl (C=O) groups is 1. The first-order valence-corrected chi connectivity index (χ1v) is 13.4. The molecule has 1 aliphatic heterocycles. The number of H-pyrrole nitrogens is 1. The van der Waals surface area contributed by atoms with E-state index in [0.29, 0.717) is 17.5 Å². The summed E-state index contributed by atoms with van der Waals surface area (Å²) in [6.07, 6.45) is -3.78. The number of hydrogen-bond donors (Lipinski definition) is 2. The van der Waals surface area contributed by atoms with Crippen molar-refractivity contribution in [2.24, 2.45) is 0 Å². The van der Waals surface area contributed by atoms with E-state index in [4.69, 9.17) is 4.74 Å². The number of rotatable bonds is 9. The zero-order chi connectivity index (χ0) is 26.8. The van der Waals surface area contributed by atoms with E-state index in [1.54, 1.807) is 6.07 Å². The van der Waals surface area contributed by atoms with Crippen LogP contribution in [0.2, 0.25) is 0 Å². The van der Waals surface area contributed by atoms with Crippen LogP contribution in [-0.2, 0) is 20.9 Å². The third kappa shape index (κ3) is 6.13. The van der Waals surface area contributed by atoms with Crippen LogP contribution in [0, 0.1) is 0 Å². The minimum atomic E-state index is -4.59. The molecule has 0 unspecified atom stereocenters. The molecule has 1 amide bonds. The molecule has 1 aromatic heterocycles. The number of amides is 1. The fourth-order valence-corrected chi connectivity index (χ4v) is 5.37. The molecule has 2 heterocycles. The number of alkyl halides is 3. The molecule has 0 radical (unpaired) electrons. The van der Waals surface area contributed by atoms with Crippen LogP contribution in [0.3, 0.4) is 0 Å². The maximum absolute atomic E-state index is 13.5. The van der Waals surface area contributed by atoms with Crippen molar-refractivity contribution in [3.05, 3.63) is 64.4 Å². The summed E-state index contributed by atoms with van der Waals surface area (Å²) < 4.78 is 72.3. The van der Waals surface area contributed by atoms with Crippen molar-refractivity contribution in [1.29, 1.82) is 0 Å². The van der Waals surface area contributed by atoms with Crippen molar-refractivity contribution in [3.8, 4) is 11.3 Å². The van der Waals surface area contributed by atoms with E-state index in [-0.39, 0.29) is 35.5 Å². The van der Waals surface area contributed by atoms with Gasteiger partial charge in [0.2, 0.25) is 10.0 Å². The number of nitrogens with zero attached hydrogens (tertiary/aromatic N) is 1. The van der Waals surface area contributed by atoms with Crippen LogP contribution in [0.25, 0.3) is 22.0 Å². The van der Waals surface area contributed by atoms with Crippen LogP contribution in [0.1, 0.15) is 31.7 Å². The second-order valence-corrected chi connectivity index (χ2v) is 10.7. The van der Waals surface area contributed by atoms with Gasteiger partial charge in [-0.15, -0.1) is 0 Å². The summed E-state index contributed by atoms with van der Waals surface area (Å²) in [6.45, 7) is 1.96. The van der Waals surface area contributed by atoms with E-state index in [9.17, 15) is 31.2 Å². The predicted octanol–water partition coefficient (Wildman–Crippen LogP) is 4.65. The van der Waals surface area contributed by atoms with Gasteiger partial charge in [0, 0.05) is 28.9 Å². The molecule has 198 valence electrons. The SMILES string of the molecule is CCCCCS(=O)(=O)NC[C@H]1CN(c2ccc3cc(-c4ccccc4C(F)(F)F)[nH]c(=O)c3c2)C(=O)O1. The summed E-state index contributed by atoms with van der Waals surface area (Å²) in [7, 11) is -3.49. The maximum Gasteiger partial charge on any atom is 0.417 e. The van der Waals surface area contributed by atoms with Gasteiger partial charge in [-0.2, -0.15) is 13.2 Å². The van der Waals surface area contributed by atoms with Gasteiger partial charge in [0.05, 0.1) is 17.9 Å². The number of ether oxygens (including phenoxy) is 1. The Balaban J connectivity index is 1.54.